The van der Waals surface area contributed by atoms with Crippen molar-refractivity contribution in [2.75, 3.05) is 17.7 Å². The Balaban J connectivity index is 2.34. The molecule has 0 radical (unpaired) electrons. The van der Waals surface area contributed by atoms with Crippen molar-refractivity contribution in [3.05, 3.63) is 50.0 Å². The molecule has 1 aromatic heterocycles. The lowest BCUT2D eigenvalue weighted by Gasteiger charge is -2.11. The minimum absolute atomic E-state index is 0.324. The molecule has 110 valence electrons. The number of nitrogens with zero attached hydrogens (tertiary/aromatic N) is 1. The average molecular weight is 389 g/mol. The summed E-state index contributed by atoms with van der Waals surface area (Å²) in [6.07, 6.45) is 1.61. The molecule has 0 saturated heterocycles. The number of carbonyl (C=O) groups is 1. The standard InChI is InChI=1S/C14H12BrCl2N3O/c1-7-3-11(17)12(5-10(7)16)20-14(21)9-4-8(15)6-19-13(9)18-2/h3-6H,1-2H3,(H,18,19)(H,20,21). The molecule has 0 unspecified atom stereocenters. The predicted octanol–water partition coefficient (Wildman–Crippen LogP) is 4.75. The van der Waals surface area contributed by atoms with E-state index < -0.39 is 0 Å². The molecule has 0 aliphatic heterocycles. The Kier molecular flexibility index (Phi) is 5.08. The molecule has 2 aromatic rings. The third kappa shape index (κ3) is 3.67. The van der Waals surface area contributed by atoms with E-state index in [1.54, 1.807) is 31.4 Å². The molecule has 1 aromatic carbocycles. The van der Waals surface area contributed by atoms with E-state index >= 15 is 0 Å². The summed E-state index contributed by atoms with van der Waals surface area (Å²) in [5.74, 6) is 0.153. The number of pyridine rings is 1. The van der Waals surface area contributed by atoms with Crippen LogP contribution in [-0.2, 0) is 0 Å². The number of aryl methyl sites for hydroxylation is 1. The molecule has 0 aliphatic carbocycles. The molecular formula is C14H12BrCl2N3O. The minimum Gasteiger partial charge on any atom is -0.372 e. The number of hydrogen-bond donors (Lipinski definition) is 2. The Morgan fingerprint density at radius 2 is 1.95 bits per heavy atom. The number of carbonyl (C=O) groups excluding carboxylic acids is 1. The first-order valence-corrected chi connectivity index (χ1v) is 7.57. The van der Waals surface area contributed by atoms with Crippen molar-refractivity contribution in [2.45, 2.75) is 6.92 Å². The van der Waals surface area contributed by atoms with Crippen LogP contribution in [0.15, 0.2) is 28.9 Å². The van der Waals surface area contributed by atoms with Crippen molar-refractivity contribution in [1.82, 2.24) is 4.98 Å². The Morgan fingerprint density at radius 3 is 2.62 bits per heavy atom. The second-order valence-corrected chi connectivity index (χ2v) is 6.07. The van der Waals surface area contributed by atoms with Crippen molar-refractivity contribution in [2.24, 2.45) is 0 Å². The molecule has 2 rings (SSSR count). The van der Waals surface area contributed by atoms with Gasteiger partial charge in [-0.25, -0.2) is 4.98 Å². The average Bonchev–Trinajstić information content (AvgIpc) is 2.44. The molecule has 21 heavy (non-hydrogen) atoms. The van der Waals surface area contributed by atoms with Gasteiger partial charge in [-0.2, -0.15) is 0 Å². The minimum atomic E-state index is -0.324. The van der Waals surface area contributed by atoms with Crippen LogP contribution in [0.1, 0.15) is 15.9 Å². The third-order valence-electron chi connectivity index (χ3n) is 2.83. The van der Waals surface area contributed by atoms with E-state index in [4.69, 9.17) is 23.2 Å². The molecule has 0 fully saturated rings. The van der Waals surface area contributed by atoms with Crippen LogP contribution < -0.4 is 10.6 Å². The Morgan fingerprint density at radius 1 is 1.24 bits per heavy atom. The number of halogens is 3. The van der Waals surface area contributed by atoms with Crippen LogP contribution in [0.5, 0.6) is 0 Å². The normalized spacial score (nSPS) is 10.3. The molecule has 0 bridgehead atoms. The first kappa shape index (κ1) is 16.1. The summed E-state index contributed by atoms with van der Waals surface area (Å²) >= 11 is 15.5. The maximum atomic E-state index is 12.4. The largest absolute Gasteiger partial charge is 0.372 e. The number of rotatable bonds is 3. The van der Waals surface area contributed by atoms with Crippen LogP contribution in [0, 0.1) is 6.92 Å². The number of benzene rings is 1. The van der Waals surface area contributed by atoms with Crippen molar-refractivity contribution in [3.63, 3.8) is 0 Å². The maximum absolute atomic E-state index is 12.4. The quantitative estimate of drug-likeness (QED) is 0.797. The van der Waals surface area contributed by atoms with E-state index in [0.717, 1.165) is 5.56 Å². The van der Waals surface area contributed by atoms with Crippen LogP contribution in [0.3, 0.4) is 0 Å². The van der Waals surface area contributed by atoms with Crippen LogP contribution in [-0.4, -0.2) is 17.9 Å². The van der Waals surface area contributed by atoms with Gasteiger partial charge >= 0.3 is 0 Å². The van der Waals surface area contributed by atoms with E-state index in [1.807, 2.05) is 6.92 Å². The fourth-order valence-corrected chi connectivity index (χ4v) is 2.50. The van der Waals surface area contributed by atoms with Gasteiger partial charge in [0.1, 0.15) is 5.82 Å². The number of aromatic nitrogens is 1. The third-order valence-corrected chi connectivity index (χ3v) is 3.99. The molecule has 1 amide bonds. The first-order chi connectivity index (χ1) is 9.92. The second kappa shape index (κ2) is 6.64. The van der Waals surface area contributed by atoms with Gasteiger partial charge in [0.25, 0.3) is 5.91 Å². The molecule has 0 aliphatic rings. The van der Waals surface area contributed by atoms with Crippen molar-refractivity contribution < 1.29 is 4.79 Å². The number of nitrogens with one attached hydrogen (secondary N) is 2. The zero-order valence-electron chi connectivity index (χ0n) is 11.3. The molecule has 1 heterocycles. The van der Waals surface area contributed by atoms with Gasteiger partial charge in [0.2, 0.25) is 0 Å². The highest BCUT2D eigenvalue weighted by Crippen LogP contribution is 2.29. The van der Waals surface area contributed by atoms with E-state index in [-0.39, 0.29) is 5.91 Å². The summed E-state index contributed by atoms with van der Waals surface area (Å²) in [6.45, 7) is 1.84. The number of anilines is 2. The summed E-state index contributed by atoms with van der Waals surface area (Å²) in [4.78, 5) is 16.5. The zero-order valence-corrected chi connectivity index (χ0v) is 14.4. The Hall–Kier alpha value is -1.30. The Bertz CT molecular complexity index is 707. The SMILES string of the molecule is CNc1ncc(Br)cc1C(=O)Nc1cc(Cl)c(C)cc1Cl. The fourth-order valence-electron chi connectivity index (χ4n) is 1.74. The molecular weight excluding hydrogens is 377 g/mol. The van der Waals surface area contributed by atoms with Crippen LogP contribution in [0.2, 0.25) is 10.0 Å². The van der Waals surface area contributed by atoms with Crippen molar-refractivity contribution >= 4 is 56.5 Å². The summed E-state index contributed by atoms with van der Waals surface area (Å²) in [5.41, 5.74) is 1.71. The highest BCUT2D eigenvalue weighted by atomic mass is 79.9. The highest BCUT2D eigenvalue weighted by molar-refractivity contribution is 9.10. The zero-order chi connectivity index (χ0) is 15.6. The van der Waals surface area contributed by atoms with Crippen molar-refractivity contribution in [3.8, 4) is 0 Å². The smallest absolute Gasteiger partial charge is 0.259 e. The molecule has 0 spiro atoms. The monoisotopic (exact) mass is 387 g/mol. The highest BCUT2D eigenvalue weighted by Gasteiger charge is 2.15. The molecule has 2 N–H and O–H groups in total. The summed E-state index contributed by atoms with van der Waals surface area (Å²) in [6, 6.07) is 5.01. The maximum Gasteiger partial charge on any atom is 0.259 e. The van der Waals surface area contributed by atoms with Gasteiger partial charge in [0, 0.05) is 22.7 Å². The lowest BCUT2D eigenvalue weighted by Crippen LogP contribution is -2.15. The molecule has 4 nitrogen and oxygen atoms in total. The van der Waals surface area contributed by atoms with Crippen LogP contribution in [0.25, 0.3) is 0 Å². The lowest BCUT2D eigenvalue weighted by atomic mass is 10.2. The fraction of sp³-hybridized carbons (Fsp3) is 0.143. The van der Waals surface area contributed by atoms with Crippen LogP contribution >= 0.6 is 39.1 Å². The van der Waals surface area contributed by atoms with Gasteiger partial charge in [-0.05, 0) is 46.6 Å². The Labute approximate surface area is 141 Å². The summed E-state index contributed by atoms with van der Waals surface area (Å²) < 4.78 is 0.708. The van der Waals surface area contributed by atoms with Crippen LogP contribution in [0.4, 0.5) is 11.5 Å². The van der Waals surface area contributed by atoms with E-state index in [9.17, 15) is 4.79 Å². The summed E-state index contributed by atoms with van der Waals surface area (Å²) in [5, 5.41) is 6.58. The topological polar surface area (TPSA) is 54.0 Å². The second-order valence-electron chi connectivity index (χ2n) is 4.34. The van der Waals surface area contributed by atoms with E-state index in [2.05, 4.69) is 31.5 Å². The van der Waals surface area contributed by atoms with Gasteiger partial charge in [-0.1, -0.05) is 23.2 Å². The van der Waals surface area contributed by atoms with Gasteiger partial charge in [0.05, 0.1) is 16.3 Å². The number of hydrogen-bond acceptors (Lipinski definition) is 3. The van der Waals surface area contributed by atoms with E-state index in [0.29, 0.717) is 31.6 Å². The molecule has 0 saturated carbocycles. The summed E-state index contributed by atoms with van der Waals surface area (Å²) in [7, 11) is 1.70. The van der Waals surface area contributed by atoms with Gasteiger partial charge in [0.15, 0.2) is 0 Å². The van der Waals surface area contributed by atoms with Gasteiger partial charge < -0.3 is 10.6 Å². The lowest BCUT2D eigenvalue weighted by molar-refractivity contribution is 0.102. The first-order valence-electron chi connectivity index (χ1n) is 6.02. The van der Waals surface area contributed by atoms with Gasteiger partial charge in [-0.15, -0.1) is 0 Å². The molecule has 7 heteroatoms. The van der Waals surface area contributed by atoms with Gasteiger partial charge in [-0.3, -0.25) is 4.79 Å². The van der Waals surface area contributed by atoms with E-state index in [1.165, 1.54) is 0 Å². The molecule has 0 atom stereocenters. The van der Waals surface area contributed by atoms with Crippen molar-refractivity contribution in [1.29, 1.82) is 0 Å². The number of amides is 1. The predicted molar refractivity (Wildman–Crippen MR) is 90.6 cm³/mol.